The molecule has 1 aromatic carbocycles. The smallest absolute Gasteiger partial charge is 0.0408 e. The number of benzene rings is 1. The van der Waals surface area contributed by atoms with Crippen LogP contribution in [-0.4, -0.2) is 6.04 Å². The first kappa shape index (κ1) is 11.0. The SMILES string of the molecule is Cc1cc(Cl)ccc1CNC1CC1(C)C. The highest BCUT2D eigenvalue weighted by molar-refractivity contribution is 6.30. The Morgan fingerprint density at radius 1 is 1.47 bits per heavy atom. The van der Waals surface area contributed by atoms with Crippen LogP contribution in [0.5, 0.6) is 0 Å². The van der Waals surface area contributed by atoms with Gasteiger partial charge in [-0.1, -0.05) is 31.5 Å². The fourth-order valence-electron chi connectivity index (χ4n) is 1.91. The van der Waals surface area contributed by atoms with E-state index in [1.165, 1.54) is 17.5 Å². The lowest BCUT2D eigenvalue weighted by atomic mass is 10.1. The fraction of sp³-hybridized carbons (Fsp3) is 0.538. The van der Waals surface area contributed by atoms with E-state index in [-0.39, 0.29) is 0 Å². The van der Waals surface area contributed by atoms with E-state index >= 15 is 0 Å². The molecule has 0 saturated heterocycles. The standard InChI is InChI=1S/C13H18ClN/c1-9-6-11(14)5-4-10(9)8-15-12-7-13(12,2)3/h4-6,12,15H,7-8H2,1-3H3. The molecule has 1 nitrogen and oxygen atoms in total. The summed E-state index contributed by atoms with van der Waals surface area (Å²) in [5.74, 6) is 0. The molecule has 1 aromatic rings. The van der Waals surface area contributed by atoms with Crippen LogP contribution in [0.1, 0.15) is 31.4 Å². The molecular weight excluding hydrogens is 206 g/mol. The van der Waals surface area contributed by atoms with E-state index in [4.69, 9.17) is 11.6 Å². The monoisotopic (exact) mass is 223 g/mol. The van der Waals surface area contributed by atoms with Gasteiger partial charge in [0.1, 0.15) is 0 Å². The van der Waals surface area contributed by atoms with Gasteiger partial charge in [0.15, 0.2) is 0 Å². The van der Waals surface area contributed by atoms with Crippen LogP contribution in [0, 0.1) is 12.3 Å². The van der Waals surface area contributed by atoms with E-state index in [0.717, 1.165) is 11.6 Å². The van der Waals surface area contributed by atoms with Gasteiger partial charge in [-0.25, -0.2) is 0 Å². The maximum Gasteiger partial charge on any atom is 0.0408 e. The first-order valence-corrected chi connectivity index (χ1v) is 5.85. The summed E-state index contributed by atoms with van der Waals surface area (Å²) in [5, 5.41) is 4.40. The lowest BCUT2D eigenvalue weighted by Crippen LogP contribution is -2.20. The molecule has 0 bridgehead atoms. The van der Waals surface area contributed by atoms with Gasteiger partial charge in [0.2, 0.25) is 0 Å². The summed E-state index contributed by atoms with van der Waals surface area (Å²) < 4.78 is 0. The van der Waals surface area contributed by atoms with Crippen molar-refractivity contribution in [2.24, 2.45) is 5.41 Å². The summed E-state index contributed by atoms with van der Waals surface area (Å²) in [6.45, 7) is 7.68. The van der Waals surface area contributed by atoms with Crippen molar-refractivity contribution in [3.05, 3.63) is 34.3 Å². The van der Waals surface area contributed by atoms with Crippen molar-refractivity contribution in [3.63, 3.8) is 0 Å². The Morgan fingerprint density at radius 3 is 2.67 bits per heavy atom. The average molecular weight is 224 g/mol. The zero-order valence-electron chi connectivity index (χ0n) is 9.60. The fourth-order valence-corrected chi connectivity index (χ4v) is 2.13. The largest absolute Gasteiger partial charge is 0.309 e. The van der Waals surface area contributed by atoms with Crippen molar-refractivity contribution >= 4 is 11.6 Å². The molecule has 1 aliphatic carbocycles. The van der Waals surface area contributed by atoms with E-state index in [1.54, 1.807) is 0 Å². The molecule has 1 unspecified atom stereocenters. The normalized spacial score (nSPS) is 22.8. The summed E-state index contributed by atoms with van der Waals surface area (Å²) in [7, 11) is 0. The number of rotatable bonds is 3. The molecule has 0 spiro atoms. The third kappa shape index (κ3) is 2.53. The quantitative estimate of drug-likeness (QED) is 0.827. The maximum absolute atomic E-state index is 5.92. The van der Waals surface area contributed by atoms with Gasteiger partial charge >= 0.3 is 0 Å². The predicted molar refractivity (Wildman–Crippen MR) is 65.2 cm³/mol. The molecule has 0 aliphatic heterocycles. The number of halogens is 1. The summed E-state index contributed by atoms with van der Waals surface area (Å²) in [5.41, 5.74) is 3.12. The molecule has 82 valence electrons. The van der Waals surface area contributed by atoms with Gasteiger partial charge in [0.25, 0.3) is 0 Å². The van der Waals surface area contributed by atoms with Crippen molar-refractivity contribution in [2.75, 3.05) is 0 Å². The minimum Gasteiger partial charge on any atom is -0.309 e. The summed E-state index contributed by atoms with van der Waals surface area (Å²) >= 11 is 5.92. The molecular formula is C13H18ClN. The Kier molecular flexibility index (Phi) is 2.78. The molecule has 1 N–H and O–H groups in total. The van der Waals surface area contributed by atoms with Gasteiger partial charge in [0, 0.05) is 17.6 Å². The second-order valence-corrected chi connectivity index (χ2v) is 5.63. The summed E-state index contributed by atoms with van der Waals surface area (Å²) in [6, 6.07) is 6.79. The van der Waals surface area contributed by atoms with Crippen molar-refractivity contribution in [3.8, 4) is 0 Å². The Hall–Kier alpha value is -0.530. The second-order valence-electron chi connectivity index (χ2n) is 5.20. The van der Waals surface area contributed by atoms with E-state index in [2.05, 4.69) is 32.2 Å². The first-order valence-electron chi connectivity index (χ1n) is 5.47. The van der Waals surface area contributed by atoms with Crippen LogP contribution < -0.4 is 5.32 Å². The van der Waals surface area contributed by atoms with Crippen molar-refractivity contribution < 1.29 is 0 Å². The molecule has 1 fully saturated rings. The minimum atomic E-state index is 0.500. The molecule has 0 aromatic heterocycles. The Balaban J connectivity index is 1.94. The third-order valence-corrected chi connectivity index (χ3v) is 3.59. The molecule has 2 rings (SSSR count). The first-order chi connectivity index (χ1) is 6.99. The minimum absolute atomic E-state index is 0.500. The van der Waals surface area contributed by atoms with Crippen LogP contribution >= 0.6 is 11.6 Å². The zero-order valence-corrected chi connectivity index (χ0v) is 10.4. The molecule has 0 amide bonds. The lowest BCUT2D eigenvalue weighted by Gasteiger charge is -2.09. The Morgan fingerprint density at radius 2 is 2.13 bits per heavy atom. The number of nitrogens with one attached hydrogen (secondary N) is 1. The predicted octanol–water partition coefficient (Wildman–Crippen LogP) is 3.54. The average Bonchev–Trinajstić information content (AvgIpc) is 2.73. The lowest BCUT2D eigenvalue weighted by molar-refractivity contribution is 0.541. The maximum atomic E-state index is 5.92. The van der Waals surface area contributed by atoms with Gasteiger partial charge in [-0.2, -0.15) is 0 Å². The van der Waals surface area contributed by atoms with Crippen LogP contribution in [0.2, 0.25) is 5.02 Å². The van der Waals surface area contributed by atoms with Crippen molar-refractivity contribution in [1.82, 2.24) is 5.32 Å². The van der Waals surface area contributed by atoms with E-state index in [0.29, 0.717) is 11.5 Å². The highest BCUT2D eigenvalue weighted by atomic mass is 35.5. The molecule has 15 heavy (non-hydrogen) atoms. The molecule has 2 heteroatoms. The Bertz CT molecular complexity index is 371. The molecule has 1 atom stereocenters. The van der Waals surface area contributed by atoms with Gasteiger partial charge in [-0.15, -0.1) is 0 Å². The van der Waals surface area contributed by atoms with Crippen LogP contribution in [0.25, 0.3) is 0 Å². The Labute approximate surface area is 96.8 Å². The zero-order chi connectivity index (χ0) is 11.1. The van der Waals surface area contributed by atoms with Crippen LogP contribution in [0.4, 0.5) is 0 Å². The van der Waals surface area contributed by atoms with Crippen molar-refractivity contribution in [1.29, 1.82) is 0 Å². The highest BCUT2D eigenvalue weighted by Crippen LogP contribution is 2.44. The van der Waals surface area contributed by atoms with Crippen molar-refractivity contribution in [2.45, 2.75) is 39.8 Å². The summed E-state index contributed by atoms with van der Waals surface area (Å²) in [4.78, 5) is 0. The highest BCUT2D eigenvalue weighted by Gasteiger charge is 2.44. The molecule has 0 heterocycles. The van der Waals surface area contributed by atoms with Gasteiger partial charge in [-0.05, 0) is 42.0 Å². The second kappa shape index (κ2) is 3.80. The molecule has 0 radical (unpaired) electrons. The van der Waals surface area contributed by atoms with E-state index in [9.17, 15) is 0 Å². The van der Waals surface area contributed by atoms with Crippen LogP contribution in [-0.2, 0) is 6.54 Å². The number of aryl methyl sites for hydroxylation is 1. The van der Waals surface area contributed by atoms with E-state index < -0.39 is 0 Å². The van der Waals surface area contributed by atoms with Crippen LogP contribution in [0.15, 0.2) is 18.2 Å². The summed E-state index contributed by atoms with van der Waals surface area (Å²) in [6.07, 6.45) is 1.29. The molecule has 1 aliphatic rings. The third-order valence-electron chi connectivity index (χ3n) is 3.36. The number of hydrogen-bond donors (Lipinski definition) is 1. The van der Waals surface area contributed by atoms with Crippen LogP contribution in [0.3, 0.4) is 0 Å². The van der Waals surface area contributed by atoms with Gasteiger partial charge < -0.3 is 5.32 Å². The van der Waals surface area contributed by atoms with Gasteiger partial charge in [0.05, 0.1) is 0 Å². The number of hydrogen-bond acceptors (Lipinski definition) is 1. The van der Waals surface area contributed by atoms with Gasteiger partial charge in [-0.3, -0.25) is 0 Å². The topological polar surface area (TPSA) is 12.0 Å². The van der Waals surface area contributed by atoms with E-state index in [1.807, 2.05) is 12.1 Å². The molecule has 1 saturated carbocycles.